The van der Waals surface area contributed by atoms with Crippen LogP contribution in [0.4, 0.5) is 0 Å². The molecular formula is C14H16N2O2. The number of hydrogen-bond acceptors (Lipinski definition) is 2. The molecule has 0 fully saturated rings. The molecular weight excluding hydrogens is 228 g/mol. The minimum absolute atomic E-state index is 0.409. The molecule has 1 heterocycles. The molecule has 1 N–H and O–H groups in total. The SMILES string of the molecule is Cc1ncn(CC(C(=O)O)c2ccccc2)c1C. The van der Waals surface area contributed by atoms with Crippen LogP contribution in [0.25, 0.3) is 0 Å². The first-order valence-corrected chi connectivity index (χ1v) is 5.85. The van der Waals surface area contributed by atoms with Gasteiger partial charge in [0.15, 0.2) is 0 Å². The molecule has 4 heteroatoms. The zero-order valence-electron chi connectivity index (χ0n) is 10.5. The van der Waals surface area contributed by atoms with Crippen molar-refractivity contribution in [2.45, 2.75) is 26.3 Å². The summed E-state index contributed by atoms with van der Waals surface area (Å²) < 4.78 is 1.89. The summed E-state index contributed by atoms with van der Waals surface area (Å²) in [7, 11) is 0. The zero-order chi connectivity index (χ0) is 13.1. The van der Waals surface area contributed by atoms with E-state index in [4.69, 9.17) is 0 Å². The summed E-state index contributed by atoms with van der Waals surface area (Å²) in [4.78, 5) is 15.6. The molecule has 0 spiro atoms. The van der Waals surface area contributed by atoms with Crippen molar-refractivity contribution < 1.29 is 9.90 Å². The number of carboxylic acid groups (broad SMARTS) is 1. The van der Waals surface area contributed by atoms with Crippen molar-refractivity contribution in [1.82, 2.24) is 9.55 Å². The molecule has 0 aliphatic carbocycles. The average Bonchev–Trinajstić information content (AvgIpc) is 2.68. The van der Waals surface area contributed by atoms with E-state index < -0.39 is 11.9 Å². The van der Waals surface area contributed by atoms with E-state index in [2.05, 4.69) is 4.98 Å². The lowest BCUT2D eigenvalue weighted by atomic mass is 9.99. The summed E-state index contributed by atoms with van der Waals surface area (Å²) in [5.41, 5.74) is 2.76. The zero-order valence-corrected chi connectivity index (χ0v) is 10.5. The standard InChI is InChI=1S/C14H16N2O2/c1-10-11(2)16(9-15-10)8-13(14(17)18)12-6-4-3-5-7-12/h3-7,9,13H,8H2,1-2H3,(H,17,18). The Kier molecular flexibility index (Phi) is 3.46. The van der Waals surface area contributed by atoms with Crippen LogP contribution in [0, 0.1) is 13.8 Å². The van der Waals surface area contributed by atoms with Gasteiger partial charge in [-0.05, 0) is 19.4 Å². The molecule has 1 aromatic heterocycles. The van der Waals surface area contributed by atoms with Gasteiger partial charge in [0, 0.05) is 12.2 Å². The maximum atomic E-state index is 11.4. The molecule has 0 aliphatic heterocycles. The van der Waals surface area contributed by atoms with Crippen molar-refractivity contribution in [3.8, 4) is 0 Å². The van der Waals surface area contributed by atoms with Crippen molar-refractivity contribution in [3.63, 3.8) is 0 Å². The molecule has 1 atom stereocenters. The molecule has 94 valence electrons. The van der Waals surface area contributed by atoms with E-state index >= 15 is 0 Å². The summed E-state index contributed by atoms with van der Waals surface area (Å²) in [5, 5.41) is 9.35. The number of hydrogen-bond donors (Lipinski definition) is 1. The van der Waals surface area contributed by atoms with Crippen LogP contribution >= 0.6 is 0 Å². The predicted octanol–water partition coefficient (Wildman–Crippen LogP) is 2.37. The van der Waals surface area contributed by atoms with Gasteiger partial charge in [-0.3, -0.25) is 4.79 Å². The Morgan fingerprint density at radius 2 is 2.00 bits per heavy atom. The van der Waals surface area contributed by atoms with E-state index in [0.29, 0.717) is 6.54 Å². The van der Waals surface area contributed by atoms with Crippen LogP contribution in [0.5, 0.6) is 0 Å². The van der Waals surface area contributed by atoms with Gasteiger partial charge in [-0.25, -0.2) is 4.98 Å². The van der Waals surface area contributed by atoms with Crippen molar-refractivity contribution in [2.24, 2.45) is 0 Å². The van der Waals surface area contributed by atoms with Crippen molar-refractivity contribution in [1.29, 1.82) is 0 Å². The molecule has 2 rings (SSSR count). The van der Waals surface area contributed by atoms with E-state index in [0.717, 1.165) is 17.0 Å². The van der Waals surface area contributed by atoms with Crippen LogP contribution in [-0.2, 0) is 11.3 Å². The number of nitrogens with zero attached hydrogens (tertiary/aromatic N) is 2. The Morgan fingerprint density at radius 1 is 1.33 bits per heavy atom. The predicted molar refractivity (Wildman–Crippen MR) is 68.5 cm³/mol. The maximum absolute atomic E-state index is 11.4. The number of rotatable bonds is 4. The van der Waals surface area contributed by atoms with Gasteiger partial charge in [0.25, 0.3) is 0 Å². The van der Waals surface area contributed by atoms with Gasteiger partial charge in [0.05, 0.1) is 17.9 Å². The number of aliphatic carboxylic acids is 1. The molecule has 2 aromatic rings. The van der Waals surface area contributed by atoms with Crippen LogP contribution in [0.1, 0.15) is 22.9 Å². The Hall–Kier alpha value is -2.10. The van der Waals surface area contributed by atoms with Gasteiger partial charge >= 0.3 is 5.97 Å². The molecule has 0 saturated carbocycles. The lowest BCUT2D eigenvalue weighted by molar-refractivity contribution is -0.139. The van der Waals surface area contributed by atoms with E-state index in [1.54, 1.807) is 6.33 Å². The van der Waals surface area contributed by atoms with Crippen molar-refractivity contribution in [3.05, 3.63) is 53.6 Å². The summed E-state index contributed by atoms with van der Waals surface area (Å²) >= 11 is 0. The molecule has 4 nitrogen and oxygen atoms in total. The number of aryl methyl sites for hydroxylation is 1. The van der Waals surface area contributed by atoms with Crippen LogP contribution in [0.2, 0.25) is 0 Å². The molecule has 0 radical (unpaired) electrons. The third kappa shape index (κ3) is 2.42. The van der Waals surface area contributed by atoms with E-state index in [9.17, 15) is 9.90 Å². The number of carbonyl (C=O) groups is 1. The van der Waals surface area contributed by atoms with Gasteiger partial charge in [-0.15, -0.1) is 0 Å². The summed E-state index contributed by atoms with van der Waals surface area (Å²) in [5.74, 6) is -1.36. The van der Waals surface area contributed by atoms with Gasteiger partial charge in [0.2, 0.25) is 0 Å². The molecule has 18 heavy (non-hydrogen) atoms. The third-order valence-electron chi connectivity index (χ3n) is 3.22. The molecule has 0 bridgehead atoms. The Morgan fingerprint density at radius 3 is 2.50 bits per heavy atom. The number of benzene rings is 1. The van der Waals surface area contributed by atoms with Crippen LogP contribution in [0.15, 0.2) is 36.7 Å². The lowest BCUT2D eigenvalue weighted by Crippen LogP contribution is -2.18. The molecule has 1 unspecified atom stereocenters. The first-order valence-electron chi connectivity index (χ1n) is 5.85. The van der Waals surface area contributed by atoms with Gasteiger partial charge in [-0.1, -0.05) is 30.3 Å². The van der Waals surface area contributed by atoms with E-state index in [1.807, 2.05) is 48.7 Å². The van der Waals surface area contributed by atoms with Gasteiger partial charge < -0.3 is 9.67 Å². The highest BCUT2D eigenvalue weighted by Crippen LogP contribution is 2.19. The van der Waals surface area contributed by atoms with Crippen molar-refractivity contribution >= 4 is 5.97 Å². The Bertz CT molecular complexity index is 546. The fourth-order valence-electron chi connectivity index (χ4n) is 1.94. The molecule has 1 aromatic carbocycles. The molecule has 0 saturated heterocycles. The Labute approximate surface area is 106 Å². The minimum Gasteiger partial charge on any atom is -0.481 e. The van der Waals surface area contributed by atoms with Crippen LogP contribution in [0.3, 0.4) is 0 Å². The first kappa shape index (κ1) is 12.4. The minimum atomic E-state index is -0.813. The van der Waals surface area contributed by atoms with Crippen LogP contribution in [-0.4, -0.2) is 20.6 Å². The Balaban J connectivity index is 2.28. The third-order valence-corrected chi connectivity index (χ3v) is 3.22. The summed E-state index contributed by atoms with van der Waals surface area (Å²) in [6.45, 7) is 4.28. The first-order chi connectivity index (χ1) is 8.59. The average molecular weight is 244 g/mol. The second-order valence-electron chi connectivity index (χ2n) is 4.37. The van der Waals surface area contributed by atoms with Gasteiger partial charge in [-0.2, -0.15) is 0 Å². The lowest BCUT2D eigenvalue weighted by Gasteiger charge is -2.14. The highest BCUT2D eigenvalue weighted by molar-refractivity contribution is 5.75. The summed E-state index contributed by atoms with van der Waals surface area (Å²) in [6, 6.07) is 9.29. The van der Waals surface area contributed by atoms with E-state index in [-0.39, 0.29) is 0 Å². The highest BCUT2D eigenvalue weighted by atomic mass is 16.4. The van der Waals surface area contributed by atoms with Gasteiger partial charge in [0.1, 0.15) is 0 Å². The monoisotopic (exact) mass is 244 g/mol. The number of imidazole rings is 1. The number of carboxylic acids is 1. The smallest absolute Gasteiger partial charge is 0.312 e. The largest absolute Gasteiger partial charge is 0.481 e. The molecule has 0 amide bonds. The quantitative estimate of drug-likeness (QED) is 0.898. The number of aromatic nitrogens is 2. The normalized spacial score (nSPS) is 12.3. The fraction of sp³-hybridized carbons (Fsp3) is 0.286. The fourth-order valence-corrected chi connectivity index (χ4v) is 1.94. The highest BCUT2D eigenvalue weighted by Gasteiger charge is 2.21. The maximum Gasteiger partial charge on any atom is 0.312 e. The molecule has 0 aliphatic rings. The second-order valence-corrected chi connectivity index (χ2v) is 4.37. The van der Waals surface area contributed by atoms with Crippen molar-refractivity contribution in [2.75, 3.05) is 0 Å². The van der Waals surface area contributed by atoms with E-state index in [1.165, 1.54) is 0 Å². The summed E-state index contributed by atoms with van der Waals surface area (Å²) in [6.07, 6.45) is 1.70. The topological polar surface area (TPSA) is 55.1 Å². The van der Waals surface area contributed by atoms with Crippen LogP contribution < -0.4 is 0 Å². The second kappa shape index (κ2) is 5.04.